The van der Waals surface area contributed by atoms with Crippen molar-refractivity contribution in [1.29, 1.82) is 0 Å². The summed E-state index contributed by atoms with van der Waals surface area (Å²) in [6.45, 7) is 8.25. The van der Waals surface area contributed by atoms with Crippen LogP contribution in [0, 0.1) is 0 Å². The Kier molecular flexibility index (Phi) is 6.34. The second-order valence-electron chi connectivity index (χ2n) is 9.21. The van der Waals surface area contributed by atoms with Gasteiger partial charge >= 0.3 is 0 Å². The number of rotatable bonds is 7. The molecule has 0 atom stereocenters. The number of fused-ring (bicyclic) bond motifs is 1. The number of hydrogen-bond donors (Lipinski definition) is 2. The largest absolute Gasteiger partial charge is 0.496 e. The van der Waals surface area contributed by atoms with Crippen LogP contribution in [0.4, 0.5) is 0 Å². The van der Waals surface area contributed by atoms with Crippen LogP contribution in [0.2, 0.25) is 0 Å². The summed E-state index contributed by atoms with van der Waals surface area (Å²) in [5, 5.41) is 7.97. The van der Waals surface area contributed by atoms with Crippen LogP contribution in [-0.4, -0.2) is 35.9 Å². The molecule has 2 N–H and O–H groups in total. The lowest BCUT2D eigenvalue weighted by molar-refractivity contribution is 0.387. The maximum Gasteiger partial charge on any atom is 0.179 e. The van der Waals surface area contributed by atoms with Crippen molar-refractivity contribution in [2.45, 2.75) is 46.1 Å². The average Bonchev–Trinajstić information content (AvgIpc) is 3.54. The van der Waals surface area contributed by atoms with Gasteiger partial charge < -0.3 is 24.3 Å². The summed E-state index contributed by atoms with van der Waals surface area (Å²) in [5.74, 6) is 3.08. The molecule has 5 rings (SSSR count). The fourth-order valence-electron chi connectivity index (χ4n) is 4.75. The van der Waals surface area contributed by atoms with Crippen molar-refractivity contribution in [3.05, 3.63) is 58.9 Å². The van der Waals surface area contributed by atoms with Gasteiger partial charge in [0.1, 0.15) is 11.5 Å². The SMILES string of the molecule is CCc1cnc(-c2noc(-c3cc(C(C)C)c(OC)cc3OC)c2-c2ccc3c(c2)CCNC3)[nH]1. The van der Waals surface area contributed by atoms with Gasteiger partial charge in [0.2, 0.25) is 0 Å². The monoisotopic (exact) mass is 472 g/mol. The summed E-state index contributed by atoms with van der Waals surface area (Å²) in [6, 6.07) is 10.6. The first-order chi connectivity index (χ1) is 17.0. The Morgan fingerprint density at radius 1 is 1.06 bits per heavy atom. The van der Waals surface area contributed by atoms with Gasteiger partial charge in [0.15, 0.2) is 17.3 Å². The topological polar surface area (TPSA) is 85.2 Å². The fourth-order valence-corrected chi connectivity index (χ4v) is 4.75. The summed E-state index contributed by atoms with van der Waals surface area (Å²) < 4.78 is 17.5. The van der Waals surface area contributed by atoms with E-state index in [9.17, 15) is 0 Å². The first kappa shape index (κ1) is 23.2. The van der Waals surface area contributed by atoms with E-state index in [1.165, 1.54) is 11.1 Å². The summed E-state index contributed by atoms with van der Waals surface area (Å²) >= 11 is 0. The maximum atomic E-state index is 6.09. The van der Waals surface area contributed by atoms with Crippen LogP contribution in [0.5, 0.6) is 11.5 Å². The molecule has 0 aliphatic carbocycles. The number of aromatic nitrogens is 3. The van der Waals surface area contributed by atoms with E-state index < -0.39 is 0 Å². The molecular formula is C28H32N4O3. The van der Waals surface area contributed by atoms with E-state index in [0.29, 0.717) is 23.0 Å². The molecule has 0 radical (unpaired) electrons. The number of H-pyrrole nitrogens is 1. The normalized spacial score (nSPS) is 13.2. The van der Waals surface area contributed by atoms with Crippen LogP contribution in [0.3, 0.4) is 0 Å². The Morgan fingerprint density at radius 2 is 1.89 bits per heavy atom. The Bertz CT molecular complexity index is 1350. The maximum absolute atomic E-state index is 6.09. The van der Waals surface area contributed by atoms with Gasteiger partial charge in [0.25, 0.3) is 0 Å². The van der Waals surface area contributed by atoms with E-state index in [1.807, 2.05) is 12.3 Å². The number of nitrogens with one attached hydrogen (secondary N) is 2. The number of nitrogens with zero attached hydrogens (tertiary/aromatic N) is 2. The average molecular weight is 473 g/mol. The van der Waals surface area contributed by atoms with Gasteiger partial charge in [0, 0.05) is 24.5 Å². The van der Waals surface area contributed by atoms with E-state index in [1.54, 1.807) is 14.2 Å². The van der Waals surface area contributed by atoms with Crippen molar-refractivity contribution < 1.29 is 14.0 Å². The molecule has 0 fully saturated rings. The molecule has 182 valence electrons. The zero-order chi connectivity index (χ0) is 24.5. The number of imidazole rings is 1. The predicted molar refractivity (Wildman–Crippen MR) is 137 cm³/mol. The Hall–Kier alpha value is -3.58. The van der Waals surface area contributed by atoms with Crippen molar-refractivity contribution in [3.63, 3.8) is 0 Å². The lowest BCUT2D eigenvalue weighted by atomic mass is 9.91. The summed E-state index contributed by atoms with van der Waals surface area (Å²) in [7, 11) is 3.35. The Morgan fingerprint density at radius 3 is 2.60 bits per heavy atom. The molecule has 2 aromatic heterocycles. The van der Waals surface area contributed by atoms with Crippen molar-refractivity contribution >= 4 is 0 Å². The quantitative estimate of drug-likeness (QED) is 0.356. The van der Waals surface area contributed by atoms with Crippen LogP contribution < -0.4 is 14.8 Å². The van der Waals surface area contributed by atoms with E-state index >= 15 is 0 Å². The second-order valence-corrected chi connectivity index (χ2v) is 9.21. The molecule has 7 heteroatoms. The van der Waals surface area contributed by atoms with Gasteiger partial charge in [-0.05, 0) is 53.6 Å². The number of hydrogen-bond acceptors (Lipinski definition) is 6. The van der Waals surface area contributed by atoms with Crippen molar-refractivity contribution in [2.24, 2.45) is 0 Å². The van der Waals surface area contributed by atoms with Gasteiger partial charge in [-0.1, -0.05) is 44.1 Å². The smallest absolute Gasteiger partial charge is 0.179 e. The van der Waals surface area contributed by atoms with Gasteiger partial charge in [-0.3, -0.25) is 0 Å². The number of methoxy groups -OCH3 is 2. The van der Waals surface area contributed by atoms with Crippen molar-refractivity contribution in [1.82, 2.24) is 20.4 Å². The molecule has 4 aromatic rings. The molecule has 0 amide bonds. The molecule has 0 unspecified atom stereocenters. The van der Waals surface area contributed by atoms with Crippen LogP contribution in [0.1, 0.15) is 49.1 Å². The van der Waals surface area contributed by atoms with E-state index in [-0.39, 0.29) is 5.92 Å². The van der Waals surface area contributed by atoms with Crippen LogP contribution in [0.15, 0.2) is 41.1 Å². The molecular weight excluding hydrogens is 440 g/mol. The highest BCUT2D eigenvalue weighted by Crippen LogP contribution is 2.45. The Labute approximate surface area is 205 Å². The van der Waals surface area contributed by atoms with E-state index in [2.05, 4.69) is 65.5 Å². The highest BCUT2D eigenvalue weighted by molar-refractivity contribution is 5.91. The van der Waals surface area contributed by atoms with Crippen molar-refractivity contribution in [3.8, 4) is 45.5 Å². The predicted octanol–water partition coefficient (Wildman–Crippen LogP) is 5.75. The second kappa shape index (κ2) is 9.58. The lowest BCUT2D eigenvalue weighted by Crippen LogP contribution is -2.23. The molecule has 3 heterocycles. The highest BCUT2D eigenvalue weighted by atomic mass is 16.5. The van der Waals surface area contributed by atoms with Crippen molar-refractivity contribution in [2.75, 3.05) is 20.8 Å². The van der Waals surface area contributed by atoms with Gasteiger partial charge in [-0.15, -0.1) is 0 Å². The number of ether oxygens (including phenoxy) is 2. The highest BCUT2D eigenvalue weighted by Gasteiger charge is 2.27. The molecule has 35 heavy (non-hydrogen) atoms. The first-order valence-corrected chi connectivity index (χ1v) is 12.2. The first-order valence-electron chi connectivity index (χ1n) is 12.2. The summed E-state index contributed by atoms with van der Waals surface area (Å²) in [4.78, 5) is 8.01. The minimum atomic E-state index is 0.258. The number of aryl methyl sites for hydroxylation is 1. The molecule has 1 aliphatic rings. The molecule has 2 aromatic carbocycles. The minimum absolute atomic E-state index is 0.258. The van der Waals surface area contributed by atoms with Crippen LogP contribution >= 0.6 is 0 Å². The molecule has 0 saturated heterocycles. The molecule has 0 saturated carbocycles. The minimum Gasteiger partial charge on any atom is -0.496 e. The Balaban J connectivity index is 1.76. The van der Waals surface area contributed by atoms with E-state index in [0.717, 1.165) is 59.6 Å². The fraction of sp³-hybridized carbons (Fsp3) is 0.357. The molecule has 0 spiro atoms. The third-order valence-corrected chi connectivity index (χ3v) is 6.73. The van der Waals surface area contributed by atoms with Gasteiger partial charge in [-0.25, -0.2) is 4.98 Å². The third kappa shape index (κ3) is 4.21. The summed E-state index contributed by atoms with van der Waals surface area (Å²) in [5.41, 5.74) is 8.29. The van der Waals surface area contributed by atoms with Gasteiger partial charge in [-0.2, -0.15) is 0 Å². The van der Waals surface area contributed by atoms with E-state index in [4.69, 9.17) is 14.0 Å². The molecule has 0 bridgehead atoms. The van der Waals surface area contributed by atoms with Crippen LogP contribution in [-0.2, 0) is 19.4 Å². The molecule has 1 aliphatic heterocycles. The zero-order valence-corrected chi connectivity index (χ0v) is 21.0. The number of benzene rings is 2. The molecule has 7 nitrogen and oxygen atoms in total. The number of aromatic amines is 1. The standard InChI is InChI=1S/C28H32N4O3/c1-6-20-15-30-28(31-20)26-25(18-7-8-19-14-29-10-9-17(19)11-18)27(35-32-26)22-12-21(16(2)3)23(33-4)13-24(22)34-5/h7-8,11-13,15-16,29H,6,9-10,14H2,1-5H3,(H,30,31). The zero-order valence-electron chi connectivity index (χ0n) is 21.0. The van der Waals surface area contributed by atoms with Crippen LogP contribution in [0.25, 0.3) is 34.0 Å². The van der Waals surface area contributed by atoms with Gasteiger partial charge in [0.05, 0.1) is 25.3 Å². The summed E-state index contributed by atoms with van der Waals surface area (Å²) in [6.07, 6.45) is 3.71. The lowest BCUT2D eigenvalue weighted by Gasteiger charge is -2.19. The third-order valence-electron chi connectivity index (χ3n) is 6.73.